The van der Waals surface area contributed by atoms with E-state index in [1.165, 1.54) is 23.8 Å². The van der Waals surface area contributed by atoms with Gasteiger partial charge in [0.15, 0.2) is 0 Å². The third kappa shape index (κ3) is 9.29. The molecule has 0 amide bonds. The van der Waals surface area contributed by atoms with Gasteiger partial charge in [-0.1, -0.05) is 93.9 Å². The van der Waals surface area contributed by atoms with Crippen molar-refractivity contribution in [3.63, 3.8) is 0 Å². The van der Waals surface area contributed by atoms with Crippen molar-refractivity contribution in [3.05, 3.63) is 96.1 Å². The third-order valence-electron chi connectivity index (χ3n) is 7.57. The van der Waals surface area contributed by atoms with E-state index in [0.29, 0.717) is 25.2 Å². The van der Waals surface area contributed by atoms with E-state index in [2.05, 4.69) is 45.0 Å². The van der Waals surface area contributed by atoms with Crippen LogP contribution in [0.5, 0.6) is 0 Å². The van der Waals surface area contributed by atoms with E-state index in [1.54, 1.807) is 6.08 Å². The van der Waals surface area contributed by atoms with Crippen molar-refractivity contribution in [1.29, 1.82) is 0 Å². The lowest BCUT2D eigenvalue weighted by atomic mass is 9.64. The highest BCUT2D eigenvalue weighted by molar-refractivity contribution is 5.82. The van der Waals surface area contributed by atoms with Crippen molar-refractivity contribution in [2.24, 2.45) is 11.8 Å². The van der Waals surface area contributed by atoms with Crippen molar-refractivity contribution >= 4 is 11.9 Å². The molecule has 0 unspecified atom stereocenters. The lowest BCUT2D eigenvalue weighted by molar-refractivity contribution is -0.150. The Morgan fingerprint density at radius 1 is 1.00 bits per heavy atom. The summed E-state index contributed by atoms with van der Waals surface area (Å²) >= 11 is 0. The van der Waals surface area contributed by atoms with E-state index in [-0.39, 0.29) is 30.0 Å². The van der Waals surface area contributed by atoms with Crippen molar-refractivity contribution in [2.75, 3.05) is 0 Å². The van der Waals surface area contributed by atoms with Crippen LogP contribution in [0.25, 0.3) is 0 Å². The lowest BCUT2D eigenvalue weighted by Gasteiger charge is -2.43. The molecule has 0 spiro atoms. The predicted octanol–water partition coefficient (Wildman–Crippen LogP) is 6.70. The smallest absolute Gasteiger partial charge is 0.330 e. The summed E-state index contributed by atoms with van der Waals surface area (Å²) in [4.78, 5) is 24.5. The summed E-state index contributed by atoms with van der Waals surface area (Å²) < 4.78 is 11.2. The first-order valence-corrected chi connectivity index (χ1v) is 13.8. The molecule has 1 N–H and O–H groups in total. The summed E-state index contributed by atoms with van der Waals surface area (Å²) in [5, 5.41) is 10.3. The third-order valence-corrected chi connectivity index (χ3v) is 7.57. The molecule has 1 aliphatic carbocycles. The second kappa shape index (κ2) is 14.7. The molecule has 1 fully saturated rings. The number of unbranched alkanes of at least 4 members (excludes halogenated alkanes) is 1. The molecule has 5 nitrogen and oxygen atoms in total. The summed E-state index contributed by atoms with van der Waals surface area (Å²) in [5.41, 5.74) is 2.08. The van der Waals surface area contributed by atoms with Crippen LogP contribution in [0.2, 0.25) is 0 Å². The SMILES string of the molecule is C[C@@H]1CC[C@@H](C(C)(C)c2ccccc2)[C@H](OC(=O)/C=C\[C@@H](O)CCC/C=C/C(=O)OCc2ccccc2)C1. The Kier molecular flexibility index (Phi) is 11.3. The molecule has 0 saturated heterocycles. The van der Waals surface area contributed by atoms with Gasteiger partial charge in [-0.25, -0.2) is 9.59 Å². The highest BCUT2D eigenvalue weighted by atomic mass is 16.5. The first-order chi connectivity index (χ1) is 18.3. The zero-order valence-corrected chi connectivity index (χ0v) is 22.9. The van der Waals surface area contributed by atoms with Gasteiger partial charge >= 0.3 is 11.9 Å². The van der Waals surface area contributed by atoms with Gasteiger partial charge in [-0.05, 0) is 60.6 Å². The molecule has 3 rings (SSSR count). The minimum atomic E-state index is -0.747. The fourth-order valence-electron chi connectivity index (χ4n) is 5.24. The molecule has 0 bridgehead atoms. The zero-order chi connectivity index (χ0) is 27.4. The van der Waals surface area contributed by atoms with Crippen molar-refractivity contribution in [1.82, 2.24) is 0 Å². The van der Waals surface area contributed by atoms with Crippen molar-refractivity contribution < 1.29 is 24.2 Å². The molecule has 1 aliphatic rings. The highest BCUT2D eigenvalue weighted by Gasteiger charge is 2.41. The summed E-state index contributed by atoms with van der Waals surface area (Å²) in [7, 11) is 0. The van der Waals surface area contributed by atoms with Crippen LogP contribution in [-0.2, 0) is 31.1 Å². The fourth-order valence-corrected chi connectivity index (χ4v) is 5.24. The maximum absolute atomic E-state index is 12.7. The van der Waals surface area contributed by atoms with Crippen LogP contribution in [0.3, 0.4) is 0 Å². The van der Waals surface area contributed by atoms with E-state index in [9.17, 15) is 14.7 Å². The van der Waals surface area contributed by atoms with Gasteiger partial charge in [0, 0.05) is 18.1 Å². The second-order valence-corrected chi connectivity index (χ2v) is 10.9. The normalized spacial score (nSPS) is 20.9. The van der Waals surface area contributed by atoms with Crippen LogP contribution in [0, 0.1) is 11.8 Å². The molecule has 2 aromatic rings. The molecular formula is C33H42O5. The van der Waals surface area contributed by atoms with E-state index < -0.39 is 12.1 Å². The van der Waals surface area contributed by atoms with Gasteiger partial charge in [0.1, 0.15) is 12.7 Å². The van der Waals surface area contributed by atoms with Gasteiger partial charge in [-0.3, -0.25) is 0 Å². The Labute approximate surface area is 227 Å². The van der Waals surface area contributed by atoms with Crippen LogP contribution in [0.4, 0.5) is 0 Å². The van der Waals surface area contributed by atoms with Gasteiger partial charge in [0.2, 0.25) is 0 Å². The number of allylic oxidation sites excluding steroid dienone is 1. The number of benzene rings is 2. The van der Waals surface area contributed by atoms with Crippen LogP contribution in [0.1, 0.15) is 70.4 Å². The summed E-state index contributed by atoms with van der Waals surface area (Å²) in [6.45, 7) is 6.93. The molecule has 5 heteroatoms. The number of aliphatic hydroxyl groups is 1. The monoisotopic (exact) mass is 518 g/mol. The van der Waals surface area contributed by atoms with Crippen molar-refractivity contribution in [2.45, 2.75) is 83.5 Å². The number of ether oxygens (including phenoxy) is 2. The molecule has 204 valence electrons. The molecule has 0 aromatic heterocycles. The summed E-state index contributed by atoms with van der Waals surface area (Å²) in [5.74, 6) is -0.0516. The number of hydrogen-bond donors (Lipinski definition) is 1. The predicted molar refractivity (Wildman–Crippen MR) is 150 cm³/mol. The Hall–Kier alpha value is -3.18. The number of hydrogen-bond acceptors (Lipinski definition) is 5. The van der Waals surface area contributed by atoms with E-state index >= 15 is 0 Å². The number of rotatable bonds is 12. The summed E-state index contributed by atoms with van der Waals surface area (Å²) in [6, 6.07) is 20.0. The van der Waals surface area contributed by atoms with Crippen LogP contribution >= 0.6 is 0 Å². The fraction of sp³-hybridized carbons (Fsp3) is 0.455. The molecule has 0 radical (unpaired) electrons. The maximum atomic E-state index is 12.7. The first kappa shape index (κ1) is 29.4. The van der Waals surface area contributed by atoms with E-state index in [1.807, 2.05) is 36.4 Å². The van der Waals surface area contributed by atoms with Gasteiger partial charge in [0.05, 0.1) is 6.10 Å². The van der Waals surface area contributed by atoms with Crippen molar-refractivity contribution in [3.8, 4) is 0 Å². The largest absolute Gasteiger partial charge is 0.459 e. The first-order valence-electron chi connectivity index (χ1n) is 13.8. The summed E-state index contributed by atoms with van der Waals surface area (Å²) in [6.07, 6.45) is 9.90. The van der Waals surface area contributed by atoms with E-state index in [0.717, 1.165) is 24.8 Å². The molecule has 0 heterocycles. The Morgan fingerprint density at radius 2 is 1.68 bits per heavy atom. The minimum absolute atomic E-state index is 0.114. The standard InChI is InChI=1S/C33H42O5/c1-25-19-21-29(33(2,3)27-15-9-5-10-16-27)30(23-25)38-32(36)22-20-28(34)17-11-6-12-18-31(35)37-24-26-13-7-4-8-14-26/h4-5,7-10,12-16,18,20,22,25,28-30,34H,6,11,17,19,21,23-24H2,1-3H3/b18-12+,22-20-/t25-,28+,29-,30-/m1/s1. The minimum Gasteiger partial charge on any atom is -0.459 e. The lowest BCUT2D eigenvalue weighted by Crippen LogP contribution is -2.43. The maximum Gasteiger partial charge on any atom is 0.330 e. The molecular weight excluding hydrogens is 476 g/mol. The number of esters is 2. The number of aliphatic hydroxyl groups excluding tert-OH is 1. The number of carbonyl (C=O) groups excluding carboxylic acids is 2. The second-order valence-electron chi connectivity index (χ2n) is 10.9. The Morgan fingerprint density at radius 3 is 2.39 bits per heavy atom. The molecule has 2 aromatic carbocycles. The average molecular weight is 519 g/mol. The Bertz CT molecular complexity index is 1060. The topological polar surface area (TPSA) is 72.8 Å². The molecule has 1 saturated carbocycles. The van der Waals surface area contributed by atoms with Crippen LogP contribution in [0.15, 0.2) is 85.0 Å². The molecule has 38 heavy (non-hydrogen) atoms. The zero-order valence-electron chi connectivity index (χ0n) is 22.9. The van der Waals surface area contributed by atoms with Gasteiger partial charge in [-0.2, -0.15) is 0 Å². The number of carbonyl (C=O) groups is 2. The highest BCUT2D eigenvalue weighted by Crippen LogP contribution is 2.43. The van der Waals surface area contributed by atoms with Crippen LogP contribution < -0.4 is 0 Å². The van der Waals surface area contributed by atoms with Gasteiger partial charge in [-0.15, -0.1) is 0 Å². The van der Waals surface area contributed by atoms with Crippen LogP contribution in [-0.4, -0.2) is 29.3 Å². The quantitative estimate of drug-likeness (QED) is 0.192. The van der Waals surface area contributed by atoms with Gasteiger partial charge in [0.25, 0.3) is 0 Å². The molecule has 4 atom stereocenters. The van der Waals surface area contributed by atoms with Gasteiger partial charge < -0.3 is 14.6 Å². The molecule has 0 aliphatic heterocycles. The van der Waals surface area contributed by atoms with E-state index in [4.69, 9.17) is 9.47 Å². The average Bonchev–Trinajstić information content (AvgIpc) is 2.91. The Balaban J connectivity index is 1.41.